The molecule has 36 heavy (non-hydrogen) atoms. The van der Waals surface area contributed by atoms with Crippen LogP contribution in [0.5, 0.6) is 0 Å². The second kappa shape index (κ2) is 9.11. The van der Waals surface area contributed by atoms with E-state index in [4.69, 9.17) is 4.98 Å². The third-order valence-corrected chi connectivity index (χ3v) is 8.40. The number of carbonyl (C=O) groups excluding carboxylic acids is 1. The topological polar surface area (TPSA) is 65.5 Å². The summed E-state index contributed by atoms with van der Waals surface area (Å²) in [5, 5.41) is 0.960. The van der Waals surface area contributed by atoms with Gasteiger partial charge in [0.1, 0.15) is 10.8 Å². The molecule has 0 aromatic carbocycles. The minimum absolute atomic E-state index is 0.111. The van der Waals surface area contributed by atoms with Gasteiger partial charge < -0.3 is 9.80 Å². The lowest BCUT2D eigenvalue weighted by atomic mass is 10.1. The first-order valence-electron chi connectivity index (χ1n) is 12.1. The van der Waals surface area contributed by atoms with Crippen molar-refractivity contribution in [3.63, 3.8) is 0 Å². The summed E-state index contributed by atoms with van der Waals surface area (Å²) in [6.07, 6.45) is 2.68. The number of anilines is 1. The number of piperazine rings is 1. The monoisotopic (exact) mass is 514 g/mol. The smallest absolute Gasteiger partial charge is 0.348 e. The van der Waals surface area contributed by atoms with Crippen LogP contribution in [0, 0.1) is 0 Å². The highest BCUT2D eigenvalue weighted by Gasteiger charge is 2.42. The average Bonchev–Trinajstić information content (AvgIpc) is 3.42. The van der Waals surface area contributed by atoms with Crippen molar-refractivity contribution in [1.29, 1.82) is 0 Å². The number of aromatic nitrogens is 3. The zero-order valence-electron chi connectivity index (χ0n) is 19.5. The minimum atomic E-state index is -4.39. The van der Waals surface area contributed by atoms with Gasteiger partial charge in [-0.3, -0.25) is 14.7 Å². The van der Waals surface area contributed by atoms with Gasteiger partial charge in [-0.1, -0.05) is 0 Å². The van der Waals surface area contributed by atoms with Crippen molar-refractivity contribution in [3.05, 3.63) is 59.0 Å². The van der Waals surface area contributed by atoms with E-state index in [-0.39, 0.29) is 18.0 Å². The first-order valence-corrected chi connectivity index (χ1v) is 12.9. The molecule has 0 radical (unpaired) electrons. The van der Waals surface area contributed by atoms with Crippen molar-refractivity contribution in [1.82, 2.24) is 24.8 Å². The van der Waals surface area contributed by atoms with E-state index in [2.05, 4.69) is 19.8 Å². The molecule has 0 saturated carbocycles. The van der Waals surface area contributed by atoms with Crippen LogP contribution in [0.15, 0.2) is 42.9 Å². The number of hydrogen-bond acceptors (Lipinski definition) is 7. The number of pyridine rings is 2. The highest BCUT2D eigenvalue weighted by molar-refractivity contribution is 7.15. The van der Waals surface area contributed by atoms with E-state index in [1.807, 2.05) is 17.0 Å². The fraction of sp³-hybridized carbons (Fsp3) is 0.440. The first kappa shape index (κ1) is 23.4. The molecule has 1 amide bonds. The normalized spacial score (nSPS) is 22.1. The van der Waals surface area contributed by atoms with E-state index in [1.54, 1.807) is 23.7 Å². The van der Waals surface area contributed by atoms with E-state index in [1.165, 1.54) is 6.07 Å². The van der Waals surface area contributed by atoms with Gasteiger partial charge >= 0.3 is 6.18 Å². The minimum Gasteiger partial charge on any atom is -0.348 e. The summed E-state index contributed by atoms with van der Waals surface area (Å²) in [4.78, 5) is 33.6. The molecular formula is C25H25F3N6OS. The van der Waals surface area contributed by atoms with Gasteiger partial charge in [0.2, 0.25) is 5.91 Å². The Kier molecular flexibility index (Phi) is 5.91. The quantitative estimate of drug-likeness (QED) is 0.527. The van der Waals surface area contributed by atoms with Gasteiger partial charge in [0.15, 0.2) is 0 Å². The van der Waals surface area contributed by atoms with Gasteiger partial charge in [-0.25, -0.2) is 9.97 Å². The molecule has 7 nitrogen and oxygen atoms in total. The SMILES string of the molecule is O=C(CN1CC2CCC(C1)N2c1ccc(C(F)(F)F)cn1)N1CCc2nc(-c3ccncc3)sc2C1. The summed E-state index contributed by atoms with van der Waals surface area (Å²) < 4.78 is 38.7. The van der Waals surface area contributed by atoms with Crippen molar-refractivity contribution in [3.8, 4) is 10.6 Å². The molecule has 2 fully saturated rings. The van der Waals surface area contributed by atoms with Crippen LogP contribution in [-0.4, -0.2) is 68.9 Å². The Morgan fingerprint density at radius 2 is 1.83 bits per heavy atom. The molecule has 2 unspecified atom stereocenters. The lowest BCUT2D eigenvalue weighted by Gasteiger charge is -2.42. The lowest BCUT2D eigenvalue weighted by Crippen LogP contribution is -2.56. The summed E-state index contributed by atoms with van der Waals surface area (Å²) in [5.41, 5.74) is 1.38. The van der Waals surface area contributed by atoms with Crippen molar-refractivity contribution < 1.29 is 18.0 Å². The highest BCUT2D eigenvalue weighted by atomic mass is 32.1. The molecule has 0 aliphatic carbocycles. The van der Waals surface area contributed by atoms with E-state index in [0.717, 1.165) is 52.7 Å². The van der Waals surface area contributed by atoms with Gasteiger partial charge in [0.25, 0.3) is 0 Å². The summed E-state index contributed by atoms with van der Waals surface area (Å²) >= 11 is 1.64. The van der Waals surface area contributed by atoms with E-state index < -0.39 is 11.7 Å². The van der Waals surface area contributed by atoms with Crippen LogP contribution in [0.1, 0.15) is 29.0 Å². The molecule has 3 aliphatic rings. The maximum atomic E-state index is 13.2. The summed E-state index contributed by atoms with van der Waals surface area (Å²) in [6.45, 7) is 3.01. The molecule has 11 heteroatoms. The zero-order chi connectivity index (χ0) is 24.9. The number of fused-ring (bicyclic) bond motifs is 3. The second-order valence-corrected chi connectivity index (χ2v) is 10.7. The first-order chi connectivity index (χ1) is 17.3. The van der Waals surface area contributed by atoms with Crippen LogP contribution in [0.4, 0.5) is 19.0 Å². The molecular weight excluding hydrogens is 489 g/mol. The molecule has 3 aromatic rings. The molecule has 0 spiro atoms. The maximum Gasteiger partial charge on any atom is 0.417 e. The molecule has 2 bridgehead atoms. The Balaban J connectivity index is 1.08. The number of amides is 1. The van der Waals surface area contributed by atoms with Crippen LogP contribution in [-0.2, 0) is 23.9 Å². The number of carbonyl (C=O) groups is 1. The van der Waals surface area contributed by atoms with Gasteiger partial charge in [-0.15, -0.1) is 11.3 Å². The third kappa shape index (κ3) is 4.45. The van der Waals surface area contributed by atoms with Crippen LogP contribution >= 0.6 is 11.3 Å². The van der Waals surface area contributed by atoms with Gasteiger partial charge in [-0.05, 0) is 37.1 Å². The van der Waals surface area contributed by atoms with Crippen LogP contribution in [0.25, 0.3) is 10.6 Å². The summed E-state index contributed by atoms with van der Waals surface area (Å²) in [6, 6.07) is 6.76. The van der Waals surface area contributed by atoms with Crippen LogP contribution < -0.4 is 4.90 Å². The predicted octanol–water partition coefficient (Wildman–Crippen LogP) is 3.86. The third-order valence-electron chi connectivity index (χ3n) is 7.27. The number of likely N-dealkylation sites (tertiary alicyclic amines) is 1. The van der Waals surface area contributed by atoms with Gasteiger partial charge in [-0.2, -0.15) is 13.2 Å². The Hall–Kier alpha value is -3.05. The second-order valence-electron chi connectivity index (χ2n) is 9.58. The standard InChI is InChI=1S/C25H25F3N6OS/c26-25(27,28)17-1-4-22(30-11-17)34-18-2-3-19(34)13-32(12-18)15-23(35)33-10-7-20-21(14-33)36-24(31-20)16-5-8-29-9-6-16/h1,4-6,8-9,11,18-19H,2-3,7,10,12-15H2. The fourth-order valence-electron chi connectivity index (χ4n) is 5.52. The Morgan fingerprint density at radius 3 is 2.50 bits per heavy atom. The molecule has 3 aliphatic heterocycles. The molecule has 3 aromatic heterocycles. The zero-order valence-corrected chi connectivity index (χ0v) is 20.3. The molecule has 0 N–H and O–H groups in total. The lowest BCUT2D eigenvalue weighted by molar-refractivity contribution is -0.137. The Labute approximate surface area is 210 Å². The van der Waals surface area contributed by atoms with Crippen LogP contribution in [0.2, 0.25) is 0 Å². The molecule has 188 valence electrons. The van der Waals surface area contributed by atoms with Gasteiger partial charge in [0, 0.05) is 67.2 Å². The highest BCUT2D eigenvalue weighted by Crippen LogP contribution is 2.36. The number of alkyl halides is 3. The fourth-order valence-corrected chi connectivity index (χ4v) is 6.65. The summed E-state index contributed by atoms with van der Waals surface area (Å²) in [7, 11) is 0. The van der Waals surface area contributed by atoms with E-state index >= 15 is 0 Å². The predicted molar refractivity (Wildman–Crippen MR) is 129 cm³/mol. The summed E-state index contributed by atoms with van der Waals surface area (Å²) in [5.74, 6) is 0.695. The molecule has 2 atom stereocenters. The van der Waals surface area contributed by atoms with Crippen molar-refractivity contribution in [2.45, 2.75) is 44.1 Å². The average molecular weight is 515 g/mol. The maximum absolute atomic E-state index is 13.2. The van der Waals surface area contributed by atoms with Crippen molar-refractivity contribution in [2.75, 3.05) is 31.1 Å². The number of hydrogen-bond donors (Lipinski definition) is 0. The van der Waals surface area contributed by atoms with Crippen LogP contribution in [0.3, 0.4) is 0 Å². The number of rotatable bonds is 4. The molecule has 2 saturated heterocycles. The molecule has 6 heterocycles. The molecule has 6 rings (SSSR count). The number of nitrogens with zero attached hydrogens (tertiary/aromatic N) is 6. The van der Waals surface area contributed by atoms with E-state index in [0.29, 0.717) is 38.5 Å². The van der Waals surface area contributed by atoms with Crippen molar-refractivity contribution in [2.24, 2.45) is 0 Å². The Bertz CT molecular complexity index is 1230. The van der Waals surface area contributed by atoms with Crippen molar-refractivity contribution >= 4 is 23.1 Å². The largest absolute Gasteiger partial charge is 0.417 e. The van der Waals surface area contributed by atoms with E-state index in [9.17, 15) is 18.0 Å². The van der Waals surface area contributed by atoms with Gasteiger partial charge in [0.05, 0.1) is 24.3 Å². The number of thiazole rings is 1. The number of halogens is 3. The Morgan fingerprint density at radius 1 is 1.08 bits per heavy atom.